The van der Waals surface area contributed by atoms with E-state index in [1.54, 1.807) is 75.1 Å². The molecule has 5 aromatic rings. The smallest absolute Gasteiger partial charge is 0.261 e. The standard InChI is InChI=1S/C30H27N3O5/c1-18(2)33-17-23(29(34)21-7-5-6-8-25(21)33)30(35)32-19-9-11-20(12-10-19)38-26-13-14-31-24-16-28(37-4)27(36-3)15-22(24)26/h5-18H,1-4H3,(H,32,35). The number of benzene rings is 3. The second kappa shape index (κ2) is 10.3. The Hall–Kier alpha value is -4.85. The van der Waals surface area contributed by atoms with Crippen molar-refractivity contribution in [2.24, 2.45) is 0 Å². The van der Waals surface area contributed by atoms with Crippen LogP contribution in [0.25, 0.3) is 21.8 Å². The molecule has 0 radical (unpaired) electrons. The second-order valence-electron chi connectivity index (χ2n) is 9.00. The van der Waals surface area contributed by atoms with Crippen LogP contribution in [0.15, 0.2) is 83.9 Å². The summed E-state index contributed by atoms with van der Waals surface area (Å²) >= 11 is 0. The molecule has 8 nitrogen and oxygen atoms in total. The van der Waals surface area contributed by atoms with Crippen LogP contribution in [0.1, 0.15) is 30.2 Å². The molecule has 0 saturated heterocycles. The van der Waals surface area contributed by atoms with Crippen LogP contribution in [0, 0.1) is 0 Å². The van der Waals surface area contributed by atoms with Crippen molar-refractivity contribution in [1.82, 2.24) is 9.55 Å². The first-order valence-electron chi connectivity index (χ1n) is 12.1. The summed E-state index contributed by atoms with van der Waals surface area (Å²) in [5.74, 6) is 1.85. The van der Waals surface area contributed by atoms with Gasteiger partial charge in [0.15, 0.2) is 11.5 Å². The molecule has 0 saturated carbocycles. The Bertz CT molecular complexity index is 1710. The van der Waals surface area contributed by atoms with Gasteiger partial charge in [0.2, 0.25) is 5.43 Å². The van der Waals surface area contributed by atoms with Crippen molar-refractivity contribution in [2.45, 2.75) is 19.9 Å². The molecule has 0 aliphatic carbocycles. The van der Waals surface area contributed by atoms with Gasteiger partial charge in [0.1, 0.15) is 17.1 Å². The molecule has 0 fully saturated rings. The van der Waals surface area contributed by atoms with Crippen LogP contribution >= 0.6 is 0 Å². The molecule has 0 atom stereocenters. The summed E-state index contributed by atoms with van der Waals surface area (Å²) in [6.45, 7) is 4.02. The van der Waals surface area contributed by atoms with Gasteiger partial charge in [-0.15, -0.1) is 0 Å². The fourth-order valence-electron chi connectivity index (χ4n) is 4.36. The van der Waals surface area contributed by atoms with Gasteiger partial charge in [-0.3, -0.25) is 14.6 Å². The normalized spacial score (nSPS) is 11.1. The minimum atomic E-state index is -0.468. The Kier molecular flexibility index (Phi) is 6.70. The predicted octanol–water partition coefficient (Wildman–Crippen LogP) is 6.19. The Labute approximate surface area is 219 Å². The molecule has 2 heterocycles. The molecule has 0 aliphatic heterocycles. The van der Waals surface area contributed by atoms with Crippen molar-refractivity contribution in [3.8, 4) is 23.0 Å². The number of nitrogens with one attached hydrogen (secondary N) is 1. The predicted molar refractivity (Wildman–Crippen MR) is 148 cm³/mol. The average Bonchev–Trinajstić information content (AvgIpc) is 2.93. The minimum Gasteiger partial charge on any atom is -0.493 e. The van der Waals surface area contributed by atoms with Crippen molar-refractivity contribution >= 4 is 33.4 Å². The number of carbonyl (C=O) groups excluding carboxylic acids is 1. The highest BCUT2D eigenvalue weighted by Gasteiger charge is 2.17. The Balaban J connectivity index is 1.39. The number of nitrogens with zero attached hydrogens (tertiary/aromatic N) is 2. The van der Waals surface area contributed by atoms with Gasteiger partial charge in [0, 0.05) is 41.0 Å². The van der Waals surface area contributed by atoms with E-state index >= 15 is 0 Å². The highest BCUT2D eigenvalue weighted by Crippen LogP contribution is 2.37. The van der Waals surface area contributed by atoms with Crippen LogP contribution in [0.4, 0.5) is 5.69 Å². The fraction of sp³-hybridized carbons (Fsp3) is 0.167. The molecular formula is C30H27N3O5. The molecule has 0 spiro atoms. The third-order valence-corrected chi connectivity index (χ3v) is 6.29. The molecule has 1 amide bonds. The minimum absolute atomic E-state index is 0.0776. The quantitative estimate of drug-likeness (QED) is 0.281. The average molecular weight is 510 g/mol. The molecule has 8 heteroatoms. The van der Waals surface area contributed by atoms with Crippen molar-refractivity contribution in [3.05, 3.63) is 94.9 Å². The first kappa shape index (κ1) is 24.8. The fourth-order valence-corrected chi connectivity index (χ4v) is 4.36. The summed E-state index contributed by atoms with van der Waals surface area (Å²) in [6.07, 6.45) is 3.28. The van der Waals surface area contributed by atoms with E-state index in [0.717, 1.165) is 10.9 Å². The summed E-state index contributed by atoms with van der Waals surface area (Å²) in [5.41, 5.74) is 1.82. The number of anilines is 1. The SMILES string of the molecule is COc1cc2nccc(Oc3ccc(NC(=O)c4cn(C(C)C)c5ccccc5c4=O)cc3)c2cc1OC. The Morgan fingerprint density at radius 3 is 2.32 bits per heavy atom. The van der Waals surface area contributed by atoms with Crippen molar-refractivity contribution in [3.63, 3.8) is 0 Å². The second-order valence-corrected chi connectivity index (χ2v) is 9.00. The number of methoxy groups -OCH3 is 2. The molecule has 38 heavy (non-hydrogen) atoms. The molecule has 2 aromatic heterocycles. The van der Waals surface area contributed by atoms with E-state index in [-0.39, 0.29) is 17.0 Å². The van der Waals surface area contributed by atoms with Gasteiger partial charge >= 0.3 is 0 Å². The van der Waals surface area contributed by atoms with Crippen molar-refractivity contribution in [1.29, 1.82) is 0 Å². The monoisotopic (exact) mass is 509 g/mol. The maximum atomic E-state index is 13.1. The number of carbonyl (C=O) groups is 1. The molecule has 1 N–H and O–H groups in total. The van der Waals surface area contributed by atoms with Crippen LogP contribution in [-0.4, -0.2) is 29.7 Å². The Morgan fingerprint density at radius 2 is 1.61 bits per heavy atom. The Morgan fingerprint density at radius 1 is 0.895 bits per heavy atom. The topological polar surface area (TPSA) is 91.7 Å². The number of aromatic nitrogens is 2. The summed E-state index contributed by atoms with van der Waals surface area (Å²) in [4.78, 5) is 30.6. The molecule has 0 aliphatic rings. The summed E-state index contributed by atoms with van der Waals surface area (Å²) in [7, 11) is 3.15. The largest absolute Gasteiger partial charge is 0.493 e. The van der Waals surface area contributed by atoms with Crippen LogP contribution < -0.4 is 25.0 Å². The highest BCUT2D eigenvalue weighted by atomic mass is 16.5. The number of hydrogen-bond donors (Lipinski definition) is 1. The van der Waals surface area contributed by atoms with Crippen molar-refractivity contribution < 1.29 is 19.0 Å². The van der Waals surface area contributed by atoms with E-state index in [0.29, 0.717) is 39.6 Å². The first-order chi connectivity index (χ1) is 18.4. The van der Waals surface area contributed by atoms with E-state index in [4.69, 9.17) is 14.2 Å². The number of amides is 1. The molecule has 192 valence electrons. The molecular weight excluding hydrogens is 482 g/mol. The van der Waals surface area contributed by atoms with Crippen LogP contribution in [0.5, 0.6) is 23.0 Å². The van der Waals surface area contributed by atoms with Gasteiger partial charge in [-0.05, 0) is 62.4 Å². The van der Waals surface area contributed by atoms with Crippen LogP contribution in [0.3, 0.4) is 0 Å². The van der Waals surface area contributed by atoms with E-state index in [1.165, 1.54) is 0 Å². The number of ether oxygens (including phenoxy) is 3. The molecule has 5 rings (SSSR count). The molecule has 0 unspecified atom stereocenters. The first-order valence-corrected chi connectivity index (χ1v) is 12.1. The molecule has 3 aromatic carbocycles. The lowest BCUT2D eigenvalue weighted by Crippen LogP contribution is -2.24. The number of hydrogen-bond acceptors (Lipinski definition) is 6. The zero-order valence-corrected chi connectivity index (χ0v) is 21.5. The van der Waals surface area contributed by atoms with E-state index < -0.39 is 5.91 Å². The van der Waals surface area contributed by atoms with Gasteiger partial charge in [-0.25, -0.2) is 0 Å². The van der Waals surface area contributed by atoms with Crippen LogP contribution in [-0.2, 0) is 0 Å². The van der Waals surface area contributed by atoms with E-state index in [1.807, 2.05) is 36.6 Å². The lowest BCUT2D eigenvalue weighted by molar-refractivity contribution is 0.102. The maximum absolute atomic E-state index is 13.1. The lowest BCUT2D eigenvalue weighted by Gasteiger charge is -2.16. The summed E-state index contributed by atoms with van der Waals surface area (Å²) in [5, 5.41) is 4.10. The van der Waals surface area contributed by atoms with Gasteiger partial charge in [0.05, 0.1) is 25.3 Å². The molecule has 0 bridgehead atoms. The third kappa shape index (κ3) is 4.64. The van der Waals surface area contributed by atoms with E-state index in [9.17, 15) is 9.59 Å². The zero-order chi connectivity index (χ0) is 26.8. The van der Waals surface area contributed by atoms with Gasteiger partial charge in [-0.1, -0.05) is 12.1 Å². The number of para-hydroxylation sites is 1. The third-order valence-electron chi connectivity index (χ3n) is 6.29. The maximum Gasteiger partial charge on any atom is 0.261 e. The van der Waals surface area contributed by atoms with Crippen molar-refractivity contribution in [2.75, 3.05) is 19.5 Å². The number of rotatable bonds is 7. The number of pyridine rings is 2. The number of fused-ring (bicyclic) bond motifs is 2. The van der Waals surface area contributed by atoms with Crippen LogP contribution in [0.2, 0.25) is 0 Å². The van der Waals surface area contributed by atoms with E-state index in [2.05, 4.69) is 10.3 Å². The lowest BCUT2D eigenvalue weighted by atomic mass is 10.1. The zero-order valence-electron chi connectivity index (χ0n) is 21.5. The van der Waals surface area contributed by atoms with Gasteiger partial charge in [0.25, 0.3) is 5.91 Å². The van der Waals surface area contributed by atoms with Gasteiger partial charge in [-0.2, -0.15) is 0 Å². The van der Waals surface area contributed by atoms with Gasteiger partial charge < -0.3 is 24.1 Å². The highest BCUT2D eigenvalue weighted by molar-refractivity contribution is 6.05. The summed E-state index contributed by atoms with van der Waals surface area (Å²) in [6, 6.07) is 19.7. The summed E-state index contributed by atoms with van der Waals surface area (Å²) < 4.78 is 18.8.